The highest BCUT2D eigenvalue weighted by Crippen LogP contribution is 2.35. The fourth-order valence-electron chi connectivity index (χ4n) is 2.69. The molecular weight excluding hydrogens is 370 g/mol. The number of halogens is 1. The largest absolute Gasteiger partial charge is 0.489 e. The Morgan fingerprint density at radius 3 is 2.62 bits per heavy atom. The molecule has 4 rings (SSSR count). The van der Waals surface area contributed by atoms with Crippen LogP contribution in [0, 0.1) is 0 Å². The number of aromatic nitrogens is 1. The molecule has 0 spiro atoms. The summed E-state index contributed by atoms with van der Waals surface area (Å²) in [5.41, 5.74) is 0.860. The highest BCUT2D eigenvalue weighted by molar-refractivity contribution is 7.21. The minimum atomic E-state index is -0.431. The van der Waals surface area contributed by atoms with Crippen LogP contribution in [0.15, 0.2) is 60.8 Å². The van der Waals surface area contributed by atoms with Crippen molar-refractivity contribution in [3.05, 3.63) is 70.7 Å². The van der Waals surface area contributed by atoms with Crippen molar-refractivity contribution in [2.45, 2.75) is 0 Å². The van der Waals surface area contributed by atoms with Crippen LogP contribution in [0.2, 0.25) is 5.02 Å². The highest BCUT2D eigenvalue weighted by atomic mass is 35.5. The Labute approximate surface area is 158 Å². The first-order valence-electron chi connectivity index (χ1n) is 8.05. The molecule has 0 aliphatic rings. The zero-order valence-electron chi connectivity index (χ0n) is 13.6. The average molecular weight is 384 g/mol. The standard InChI is InChI=1S/C20H14ClNO3S/c21-18-14-6-2-4-8-17(14)26-19(18)20(23)25-12-11-24-16-9-10-22-15-7-3-1-5-13(15)16/h1-10H,11-12H2. The second-order valence-corrected chi connectivity index (χ2v) is 6.98. The first-order chi connectivity index (χ1) is 12.7. The van der Waals surface area contributed by atoms with Gasteiger partial charge in [-0.25, -0.2) is 4.79 Å². The number of para-hydroxylation sites is 1. The summed E-state index contributed by atoms with van der Waals surface area (Å²) in [4.78, 5) is 17.0. The van der Waals surface area contributed by atoms with E-state index in [1.807, 2.05) is 48.5 Å². The van der Waals surface area contributed by atoms with E-state index in [0.29, 0.717) is 15.6 Å². The van der Waals surface area contributed by atoms with Crippen molar-refractivity contribution in [2.75, 3.05) is 13.2 Å². The van der Waals surface area contributed by atoms with E-state index in [4.69, 9.17) is 21.1 Å². The summed E-state index contributed by atoms with van der Waals surface area (Å²) in [6, 6.07) is 17.2. The van der Waals surface area contributed by atoms with Gasteiger partial charge in [0.05, 0.1) is 10.5 Å². The van der Waals surface area contributed by atoms with E-state index in [2.05, 4.69) is 4.98 Å². The third-order valence-electron chi connectivity index (χ3n) is 3.90. The van der Waals surface area contributed by atoms with Crippen molar-refractivity contribution in [3.8, 4) is 5.75 Å². The third-order valence-corrected chi connectivity index (χ3v) is 5.56. The molecule has 2 aromatic carbocycles. The molecule has 0 saturated carbocycles. The first-order valence-corrected chi connectivity index (χ1v) is 9.24. The molecule has 0 saturated heterocycles. The van der Waals surface area contributed by atoms with Crippen molar-refractivity contribution >= 4 is 49.9 Å². The molecule has 6 heteroatoms. The summed E-state index contributed by atoms with van der Waals surface area (Å²) < 4.78 is 12.0. The lowest BCUT2D eigenvalue weighted by Gasteiger charge is -2.09. The molecule has 0 radical (unpaired) electrons. The predicted octanol–water partition coefficient (Wildman–Crippen LogP) is 5.34. The zero-order valence-corrected chi connectivity index (χ0v) is 15.2. The molecule has 0 amide bonds. The van der Waals surface area contributed by atoms with E-state index in [1.54, 1.807) is 12.3 Å². The number of esters is 1. The molecule has 2 heterocycles. The molecule has 0 atom stereocenters. The number of fused-ring (bicyclic) bond motifs is 2. The minimum Gasteiger partial charge on any atom is -0.489 e. The Hall–Kier alpha value is -2.63. The van der Waals surface area contributed by atoms with E-state index >= 15 is 0 Å². The summed E-state index contributed by atoms with van der Waals surface area (Å²) in [6.07, 6.45) is 1.70. The van der Waals surface area contributed by atoms with Crippen molar-refractivity contribution in [2.24, 2.45) is 0 Å². The van der Waals surface area contributed by atoms with Crippen LogP contribution in [0.5, 0.6) is 5.75 Å². The highest BCUT2D eigenvalue weighted by Gasteiger charge is 2.18. The SMILES string of the molecule is O=C(OCCOc1ccnc2ccccc12)c1sc2ccccc2c1Cl. The smallest absolute Gasteiger partial charge is 0.350 e. The summed E-state index contributed by atoms with van der Waals surface area (Å²) in [5, 5.41) is 2.23. The van der Waals surface area contributed by atoms with E-state index in [9.17, 15) is 4.79 Å². The van der Waals surface area contributed by atoms with Crippen molar-refractivity contribution in [3.63, 3.8) is 0 Å². The minimum absolute atomic E-state index is 0.139. The van der Waals surface area contributed by atoms with Gasteiger partial charge in [0.25, 0.3) is 0 Å². The van der Waals surface area contributed by atoms with Gasteiger partial charge in [-0.05, 0) is 24.3 Å². The number of carbonyl (C=O) groups is 1. The van der Waals surface area contributed by atoms with Gasteiger partial charge in [0, 0.05) is 21.7 Å². The Morgan fingerprint density at radius 2 is 1.77 bits per heavy atom. The van der Waals surface area contributed by atoms with Gasteiger partial charge in [0.2, 0.25) is 0 Å². The van der Waals surface area contributed by atoms with Gasteiger partial charge in [-0.1, -0.05) is 41.9 Å². The number of ether oxygens (including phenoxy) is 2. The van der Waals surface area contributed by atoms with E-state index in [-0.39, 0.29) is 13.2 Å². The number of pyridine rings is 1. The number of rotatable bonds is 5. The summed E-state index contributed by atoms with van der Waals surface area (Å²) in [7, 11) is 0. The number of hydrogen-bond donors (Lipinski definition) is 0. The van der Waals surface area contributed by atoms with Crippen molar-refractivity contribution < 1.29 is 14.3 Å². The maximum absolute atomic E-state index is 12.3. The number of benzene rings is 2. The number of thiophene rings is 1. The monoisotopic (exact) mass is 383 g/mol. The number of carbonyl (C=O) groups excluding carboxylic acids is 1. The zero-order chi connectivity index (χ0) is 17.9. The molecule has 4 aromatic rings. The van der Waals surface area contributed by atoms with Gasteiger partial charge in [0.1, 0.15) is 23.8 Å². The van der Waals surface area contributed by atoms with Gasteiger partial charge < -0.3 is 9.47 Å². The van der Waals surface area contributed by atoms with Crippen LogP contribution in [0.25, 0.3) is 21.0 Å². The fourth-order valence-corrected chi connectivity index (χ4v) is 4.09. The quantitative estimate of drug-likeness (QED) is 0.345. The van der Waals surface area contributed by atoms with E-state index < -0.39 is 5.97 Å². The molecule has 26 heavy (non-hydrogen) atoms. The lowest BCUT2D eigenvalue weighted by molar-refractivity contribution is 0.0457. The first kappa shape index (κ1) is 16.8. The van der Waals surface area contributed by atoms with Crippen LogP contribution in [0.3, 0.4) is 0 Å². The van der Waals surface area contributed by atoms with Crippen LogP contribution in [-0.4, -0.2) is 24.2 Å². The van der Waals surface area contributed by atoms with Crippen LogP contribution in [-0.2, 0) is 4.74 Å². The normalized spacial score (nSPS) is 11.0. The Bertz CT molecular complexity index is 1090. The third kappa shape index (κ3) is 3.23. The molecule has 0 bridgehead atoms. The van der Waals surface area contributed by atoms with Crippen LogP contribution in [0.1, 0.15) is 9.67 Å². The summed E-state index contributed by atoms with van der Waals surface area (Å²) in [5.74, 6) is 0.283. The summed E-state index contributed by atoms with van der Waals surface area (Å²) >= 11 is 7.63. The molecular formula is C20H14ClNO3S. The second kappa shape index (κ2) is 7.32. The van der Waals surface area contributed by atoms with Gasteiger partial charge in [-0.2, -0.15) is 0 Å². The van der Waals surface area contributed by atoms with E-state index in [0.717, 1.165) is 21.0 Å². The second-order valence-electron chi connectivity index (χ2n) is 5.55. The lowest BCUT2D eigenvalue weighted by Crippen LogP contribution is -2.12. The Balaban J connectivity index is 1.40. The molecule has 4 nitrogen and oxygen atoms in total. The number of nitrogens with zero attached hydrogens (tertiary/aromatic N) is 1. The van der Waals surface area contributed by atoms with Crippen LogP contribution < -0.4 is 4.74 Å². The molecule has 130 valence electrons. The lowest BCUT2D eigenvalue weighted by atomic mass is 10.2. The predicted molar refractivity (Wildman–Crippen MR) is 104 cm³/mol. The Morgan fingerprint density at radius 1 is 1.00 bits per heavy atom. The molecule has 0 aliphatic carbocycles. The van der Waals surface area contributed by atoms with Crippen molar-refractivity contribution in [1.29, 1.82) is 0 Å². The molecule has 0 N–H and O–H groups in total. The Kier molecular flexibility index (Phi) is 4.73. The topological polar surface area (TPSA) is 48.4 Å². The van der Waals surface area contributed by atoms with Crippen LogP contribution >= 0.6 is 22.9 Å². The van der Waals surface area contributed by atoms with Gasteiger partial charge in [-0.3, -0.25) is 4.98 Å². The average Bonchev–Trinajstić information content (AvgIpc) is 3.02. The van der Waals surface area contributed by atoms with Gasteiger partial charge in [0.15, 0.2) is 0 Å². The van der Waals surface area contributed by atoms with Crippen LogP contribution in [0.4, 0.5) is 0 Å². The maximum atomic E-state index is 12.3. The van der Waals surface area contributed by atoms with E-state index in [1.165, 1.54) is 11.3 Å². The fraction of sp³-hybridized carbons (Fsp3) is 0.100. The van der Waals surface area contributed by atoms with Crippen molar-refractivity contribution in [1.82, 2.24) is 4.98 Å². The van der Waals surface area contributed by atoms with Gasteiger partial charge >= 0.3 is 5.97 Å². The molecule has 0 aliphatic heterocycles. The number of hydrogen-bond acceptors (Lipinski definition) is 5. The maximum Gasteiger partial charge on any atom is 0.350 e. The molecule has 2 aromatic heterocycles. The van der Waals surface area contributed by atoms with Gasteiger partial charge in [-0.15, -0.1) is 11.3 Å². The summed E-state index contributed by atoms with van der Waals surface area (Å²) in [6.45, 7) is 0.391. The molecule has 0 fully saturated rings. The molecule has 0 unspecified atom stereocenters.